The predicted octanol–water partition coefficient (Wildman–Crippen LogP) is 4.17. The average Bonchev–Trinajstić information content (AvgIpc) is 3.40. The Hall–Kier alpha value is -3.32. The zero-order chi connectivity index (χ0) is 20.1. The van der Waals surface area contributed by atoms with Crippen molar-refractivity contribution in [2.24, 2.45) is 0 Å². The Morgan fingerprint density at radius 2 is 2.03 bits per heavy atom. The van der Waals surface area contributed by atoms with Gasteiger partial charge >= 0.3 is 0 Å². The third-order valence-electron chi connectivity index (χ3n) is 4.47. The molecule has 0 spiro atoms. The molecule has 0 unspecified atom stereocenters. The van der Waals surface area contributed by atoms with Gasteiger partial charge in [0.05, 0.1) is 29.2 Å². The second-order valence-corrected chi connectivity index (χ2v) is 7.42. The number of hydrogen-bond acceptors (Lipinski definition) is 4. The number of rotatable bonds is 7. The van der Waals surface area contributed by atoms with Crippen molar-refractivity contribution in [1.82, 2.24) is 20.1 Å². The lowest BCUT2D eigenvalue weighted by Crippen LogP contribution is -2.29. The van der Waals surface area contributed by atoms with Gasteiger partial charge in [0.25, 0.3) is 0 Å². The summed E-state index contributed by atoms with van der Waals surface area (Å²) in [5.41, 5.74) is 3.15. The van der Waals surface area contributed by atoms with Crippen LogP contribution >= 0.6 is 11.3 Å². The number of thiophene rings is 1. The monoisotopic (exact) mass is 406 g/mol. The maximum Gasteiger partial charge on any atom is 0.224 e. The minimum absolute atomic E-state index is 0.0184. The summed E-state index contributed by atoms with van der Waals surface area (Å²) in [5, 5.41) is 9.58. The number of pyridine rings is 1. The summed E-state index contributed by atoms with van der Waals surface area (Å²) < 4.78 is 15.6. The molecule has 7 heteroatoms. The summed E-state index contributed by atoms with van der Waals surface area (Å²) in [7, 11) is 0. The molecule has 146 valence electrons. The SMILES string of the molecule is O=C(Cc1ccccc1F)NCCn1nc(-c2cccnc2)cc1-c1cccs1. The zero-order valence-corrected chi connectivity index (χ0v) is 16.4. The van der Waals surface area contributed by atoms with Gasteiger partial charge in [0.15, 0.2) is 0 Å². The molecule has 1 amide bonds. The molecular weight excluding hydrogens is 387 g/mol. The quantitative estimate of drug-likeness (QED) is 0.501. The van der Waals surface area contributed by atoms with Crippen LogP contribution in [0.25, 0.3) is 21.8 Å². The van der Waals surface area contributed by atoms with E-state index in [2.05, 4.69) is 10.3 Å². The molecule has 0 aliphatic heterocycles. The molecule has 0 radical (unpaired) electrons. The molecule has 5 nitrogen and oxygen atoms in total. The maximum absolute atomic E-state index is 13.7. The van der Waals surface area contributed by atoms with E-state index in [1.807, 2.05) is 40.4 Å². The summed E-state index contributed by atoms with van der Waals surface area (Å²) in [6.07, 6.45) is 3.53. The number of benzene rings is 1. The molecule has 0 saturated carbocycles. The molecule has 1 N–H and O–H groups in total. The Morgan fingerprint density at radius 3 is 2.79 bits per heavy atom. The van der Waals surface area contributed by atoms with Crippen molar-refractivity contribution in [3.05, 3.63) is 83.8 Å². The van der Waals surface area contributed by atoms with Crippen molar-refractivity contribution in [2.75, 3.05) is 6.54 Å². The van der Waals surface area contributed by atoms with E-state index in [1.54, 1.807) is 41.9 Å². The Morgan fingerprint density at radius 1 is 1.14 bits per heavy atom. The Labute approximate surface area is 171 Å². The summed E-state index contributed by atoms with van der Waals surface area (Å²) in [5.74, 6) is -0.580. The maximum atomic E-state index is 13.7. The van der Waals surface area contributed by atoms with Crippen LogP contribution in [0.1, 0.15) is 5.56 Å². The van der Waals surface area contributed by atoms with E-state index >= 15 is 0 Å². The first-order valence-electron chi connectivity index (χ1n) is 9.23. The average molecular weight is 406 g/mol. The Bertz CT molecular complexity index is 1090. The van der Waals surface area contributed by atoms with Gasteiger partial charge in [0.1, 0.15) is 5.82 Å². The second kappa shape index (κ2) is 8.79. The van der Waals surface area contributed by atoms with E-state index in [0.29, 0.717) is 18.7 Å². The lowest BCUT2D eigenvalue weighted by molar-refractivity contribution is -0.120. The number of aromatic nitrogens is 3. The predicted molar refractivity (Wildman–Crippen MR) is 112 cm³/mol. The third kappa shape index (κ3) is 4.57. The van der Waals surface area contributed by atoms with Gasteiger partial charge in [0.2, 0.25) is 5.91 Å². The molecule has 1 aromatic carbocycles. The molecule has 0 saturated heterocycles. The normalized spacial score (nSPS) is 10.8. The largest absolute Gasteiger partial charge is 0.354 e. The highest BCUT2D eigenvalue weighted by molar-refractivity contribution is 7.13. The molecular formula is C22H19FN4OS. The fraction of sp³-hybridized carbons (Fsp3) is 0.136. The van der Waals surface area contributed by atoms with Gasteiger partial charge in [0, 0.05) is 24.5 Å². The molecule has 3 aromatic heterocycles. The smallest absolute Gasteiger partial charge is 0.224 e. The summed E-state index contributed by atoms with van der Waals surface area (Å²) in [6.45, 7) is 0.913. The minimum Gasteiger partial charge on any atom is -0.354 e. The van der Waals surface area contributed by atoms with Crippen LogP contribution in [0.5, 0.6) is 0 Å². The summed E-state index contributed by atoms with van der Waals surface area (Å²) >= 11 is 1.64. The van der Waals surface area contributed by atoms with Crippen LogP contribution in [0.3, 0.4) is 0 Å². The van der Waals surface area contributed by atoms with Crippen molar-refractivity contribution in [1.29, 1.82) is 0 Å². The number of halogens is 1. The Balaban J connectivity index is 1.46. The molecule has 29 heavy (non-hydrogen) atoms. The van der Waals surface area contributed by atoms with E-state index in [1.165, 1.54) is 6.07 Å². The Kier molecular flexibility index (Phi) is 5.76. The van der Waals surface area contributed by atoms with Crippen molar-refractivity contribution >= 4 is 17.2 Å². The molecule has 0 bridgehead atoms. The van der Waals surface area contributed by atoms with E-state index < -0.39 is 0 Å². The zero-order valence-electron chi connectivity index (χ0n) is 15.6. The highest BCUT2D eigenvalue weighted by Crippen LogP contribution is 2.29. The standard InChI is InChI=1S/C22H19FN4OS/c23-18-7-2-1-5-16(18)13-22(28)25-10-11-27-20(21-8-4-12-29-21)14-19(26-27)17-6-3-9-24-15-17/h1-9,12,14-15H,10-11,13H2,(H,25,28). The topological polar surface area (TPSA) is 59.8 Å². The van der Waals surface area contributed by atoms with Gasteiger partial charge in [-0.1, -0.05) is 24.3 Å². The molecule has 0 aliphatic rings. The second-order valence-electron chi connectivity index (χ2n) is 6.48. The number of nitrogens with zero attached hydrogens (tertiary/aromatic N) is 3. The molecule has 0 fully saturated rings. The van der Waals surface area contributed by atoms with Gasteiger partial charge in [-0.25, -0.2) is 4.39 Å². The first-order valence-corrected chi connectivity index (χ1v) is 10.1. The molecule has 4 rings (SSSR count). The number of hydrogen-bond donors (Lipinski definition) is 1. The number of nitrogens with one attached hydrogen (secondary N) is 1. The van der Waals surface area contributed by atoms with Gasteiger partial charge < -0.3 is 5.32 Å². The van der Waals surface area contributed by atoms with Crippen molar-refractivity contribution in [3.63, 3.8) is 0 Å². The van der Waals surface area contributed by atoms with Crippen molar-refractivity contribution in [3.8, 4) is 21.8 Å². The summed E-state index contributed by atoms with van der Waals surface area (Å²) in [4.78, 5) is 17.4. The van der Waals surface area contributed by atoms with Crippen LogP contribution in [0.4, 0.5) is 4.39 Å². The minimum atomic E-state index is -0.365. The number of amides is 1. The number of carbonyl (C=O) groups is 1. The van der Waals surface area contributed by atoms with Crippen LogP contribution in [0.15, 0.2) is 72.4 Å². The van der Waals surface area contributed by atoms with Gasteiger partial charge in [-0.2, -0.15) is 5.10 Å². The molecule has 0 atom stereocenters. The summed E-state index contributed by atoms with van der Waals surface area (Å²) in [6, 6.07) is 16.2. The van der Waals surface area contributed by atoms with E-state index in [4.69, 9.17) is 5.10 Å². The highest BCUT2D eigenvalue weighted by Gasteiger charge is 2.13. The van der Waals surface area contributed by atoms with E-state index in [-0.39, 0.29) is 18.1 Å². The van der Waals surface area contributed by atoms with Crippen molar-refractivity contribution in [2.45, 2.75) is 13.0 Å². The van der Waals surface area contributed by atoms with Crippen molar-refractivity contribution < 1.29 is 9.18 Å². The van der Waals surface area contributed by atoms with Crippen LogP contribution in [0.2, 0.25) is 0 Å². The highest BCUT2D eigenvalue weighted by atomic mass is 32.1. The third-order valence-corrected chi connectivity index (χ3v) is 5.36. The van der Waals surface area contributed by atoms with Gasteiger partial charge in [-0.15, -0.1) is 11.3 Å². The van der Waals surface area contributed by atoms with Crippen LogP contribution in [0, 0.1) is 5.82 Å². The fourth-order valence-electron chi connectivity index (χ4n) is 3.04. The lowest BCUT2D eigenvalue weighted by Gasteiger charge is -2.08. The van der Waals surface area contributed by atoms with E-state index in [0.717, 1.165) is 21.8 Å². The lowest BCUT2D eigenvalue weighted by atomic mass is 10.1. The molecule has 0 aliphatic carbocycles. The van der Waals surface area contributed by atoms with Gasteiger partial charge in [-0.05, 0) is 41.3 Å². The van der Waals surface area contributed by atoms with Gasteiger partial charge in [-0.3, -0.25) is 14.5 Å². The number of carbonyl (C=O) groups excluding carboxylic acids is 1. The van der Waals surface area contributed by atoms with Crippen LogP contribution < -0.4 is 5.32 Å². The molecule has 3 heterocycles. The van der Waals surface area contributed by atoms with Crippen LogP contribution in [-0.4, -0.2) is 27.2 Å². The first-order chi connectivity index (χ1) is 14.2. The first kappa shape index (κ1) is 19.0. The van der Waals surface area contributed by atoms with Crippen LogP contribution in [-0.2, 0) is 17.8 Å². The molecule has 4 aromatic rings. The fourth-order valence-corrected chi connectivity index (χ4v) is 3.79. The van der Waals surface area contributed by atoms with E-state index in [9.17, 15) is 9.18 Å².